The van der Waals surface area contributed by atoms with E-state index in [1.165, 1.54) is 23.1 Å². The zero-order valence-corrected chi connectivity index (χ0v) is 13.0. The standard InChI is InChI=1S/C19H18N4/c1-23(15-4-6-21-7-5-15)12-14-9-16(14)18-11-22-19-3-2-13(10-20)8-17(18)19/h2-8,11,14,16,22H,9,12H2,1H3/t14-,16+/m0/s1. The Hall–Kier alpha value is -2.80. The maximum Gasteiger partial charge on any atom is 0.0991 e. The molecule has 2 atom stereocenters. The molecule has 0 spiro atoms. The molecular formula is C19H18N4. The quantitative estimate of drug-likeness (QED) is 0.800. The SMILES string of the molecule is CN(C[C@@H]1C[C@H]1c1c[nH]c2ccc(C#N)cc12)c1ccncc1. The van der Waals surface area contributed by atoms with Gasteiger partial charge < -0.3 is 9.88 Å². The molecule has 0 radical (unpaired) electrons. The second kappa shape index (κ2) is 5.44. The van der Waals surface area contributed by atoms with Crippen molar-refractivity contribution in [2.75, 3.05) is 18.5 Å². The average Bonchev–Trinajstić information content (AvgIpc) is 3.22. The van der Waals surface area contributed by atoms with Crippen molar-refractivity contribution < 1.29 is 0 Å². The highest BCUT2D eigenvalue weighted by atomic mass is 15.1. The summed E-state index contributed by atoms with van der Waals surface area (Å²) < 4.78 is 0. The Morgan fingerprint density at radius 1 is 1.30 bits per heavy atom. The normalized spacial score (nSPS) is 19.5. The van der Waals surface area contributed by atoms with Gasteiger partial charge in [-0.3, -0.25) is 4.98 Å². The molecule has 0 unspecified atom stereocenters. The van der Waals surface area contributed by atoms with E-state index in [2.05, 4.69) is 34.2 Å². The monoisotopic (exact) mass is 302 g/mol. The van der Waals surface area contributed by atoms with E-state index in [4.69, 9.17) is 5.26 Å². The highest BCUT2D eigenvalue weighted by Crippen LogP contribution is 2.50. The summed E-state index contributed by atoms with van der Waals surface area (Å²) in [6, 6.07) is 12.2. The van der Waals surface area contributed by atoms with Crippen molar-refractivity contribution in [2.24, 2.45) is 5.92 Å². The van der Waals surface area contributed by atoms with Crippen molar-refractivity contribution >= 4 is 16.6 Å². The average molecular weight is 302 g/mol. The van der Waals surface area contributed by atoms with Crippen LogP contribution in [0.2, 0.25) is 0 Å². The number of pyridine rings is 1. The highest BCUT2D eigenvalue weighted by Gasteiger charge is 2.40. The van der Waals surface area contributed by atoms with Crippen LogP contribution in [-0.4, -0.2) is 23.6 Å². The van der Waals surface area contributed by atoms with E-state index in [9.17, 15) is 0 Å². The van der Waals surface area contributed by atoms with Crippen LogP contribution in [0.15, 0.2) is 48.9 Å². The molecule has 1 aromatic carbocycles. The van der Waals surface area contributed by atoms with Crippen LogP contribution in [-0.2, 0) is 0 Å². The second-order valence-corrected chi connectivity index (χ2v) is 6.30. The summed E-state index contributed by atoms with van der Waals surface area (Å²) in [6.07, 6.45) is 6.99. The number of rotatable bonds is 4. The number of hydrogen-bond donors (Lipinski definition) is 1. The Morgan fingerprint density at radius 2 is 2.13 bits per heavy atom. The number of benzene rings is 1. The van der Waals surface area contributed by atoms with Crippen LogP contribution in [0.1, 0.15) is 23.5 Å². The lowest BCUT2D eigenvalue weighted by Crippen LogP contribution is -2.20. The van der Waals surface area contributed by atoms with Gasteiger partial charge in [0, 0.05) is 48.8 Å². The first-order chi connectivity index (χ1) is 11.3. The summed E-state index contributed by atoms with van der Waals surface area (Å²) in [7, 11) is 2.13. The summed E-state index contributed by atoms with van der Waals surface area (Å²) in [6.45, 7) is 1.04. The summed E-state index contributed by atoms with van der Waals surface area (Å²) in [5, 5.41) is 10.3. The minimum atomic E-state index is 0.585. The van der Waals surface area contributed by atoms with Crippen LogP contribution in [0, 0.1) is 17.2 Å². The van der Waals surface area contributed by atoms with E-state index >= 15 is 0 Å². The highest BCUT2D eigenvalue weighted by molar-refractivity contribution is 5.85. The number of nitrogens with one attached hydrogen (secondary N) is 1. The predicted molar refractivity (Wildman–Crippen MR) is 91.4 cm³/mol. The number of H-pyrrole nitrogens is 1. The number of fused-ring (bicyclic) bond motifs is 1. The van der Waals surface area contributed by atoms with Gasteiger partial charge in [-0.1, -0.05) is 0 Å². The fourth-order valence-corrected chi connectivity index (χ4v) is 3.40. The third-order valence-corrected chi connectivity index (χ3v) is 4.78. The number of aromatic amines is 1. The van der Waals surface area contributed by atoms with E-state index in [1.54, 1.807) is 0 Å². The Labute approximate surface area is 135 Å². The molecule has 4 rings (SSSR count). The lowest BCUT2D eigenvalue weighted by Gasteiger charge is -2.18. The molecule has 2 aromatic heterocycles. The minimum absolute atomic E-state index is 0.585. The van der Waals surface area contributed by atoms with Crippen LogP contribution >= 0.6 is 0 Å². The largest absolute Gasteiger partial charge is 0.374 e. The minimum Gasteiger partial charge on any atom is -0.374 e. The van der Waals surface area contributed by atoms with E-state index in [1.807, 2.05) is 42.7 Å². The molecule has 4 heteroatoms. The van der Waals surface area contributed by atoms with Gasteiger partial charge in [-0.25, -0.2) is 0 Å². The molecule has 1 fully saturated rings. The summed E-state index contributed by atoms with van der Waals surface area (Å²) in [5.41, 5.74) is 4.40. The molecule has 0 saturated heterocycles. The van der Waals surface area contributed by atoms with Crippen molar-refractivity contribution in [3.05, 3.63) is 60.0 Å². The van der Waals surface area contributed by atoms with E-state index in [-0.39, 0.29) is 0 Å². The number of nitriles is 1. The Bertz CT molecular complexity index is 875. The lowest BCUT2D eigenvalue weighted by atomic mass is 10.1. The third kappa shape index (κ3) is 2.55. The Kier molecular flexibility index (Phi) is 3.27. The van der Waals surface area contributed by atoms with Gasteiger partial charge in [0.15, 0.2) is 0 Å². The molecular weight excluding hydrogens is 284 g/mol. The fourth-order valence-electron chi connectivity index (χ4n) is 3.40. The maximum atomic E-state index is 9.10. The molecule has 0 aliphatic heterocycles. The van der Waals surface area contributed by atoms with Crippen molar-refractivity contribution in [1.82, 2.24) is 9.97 Å². The third-order valence-electron chi connectivity index (χ3n) is 4.78. The zero-order valence-electron chi connectivity index (χ0n) is 13.0. The molecule has 1 N–H and O–H groups in total. The second-order valence-electron chi connectivity index (χ2n) is 6.30. The van der Waals surface area contributed by atoms with Gasteiger partial charge in [0.2, 0.25) is 0 Å². The molecule has 4 nitrogen and oxygen atoms in total. The molecule has 23 heavy (non-hydrogen) atoms. The van der Waals surface area contributed by atoms with Crippen LogP contribution in [0.4, 0.5) is 5.69 Å². The molecule has 3 aromatic rings. The lowest BCUT2D eigenvalue weighted by molar-refractivity contribution is 0.762. The number of nitrogens with zero attached hydrogens (tertiary/aromatic N) is 3. The number of aromatic nitrogens is 2. The van der Waals surface area contributed by atoms with Gasteiger partial charge in [0.1, 0.15) is 0 Å². The van der Waals surface area contributed by atoms with Gasteiger partial charge in [0.05, 0.1) is 11.6 Å². The zero-order chi connectivity index (χ0) is 15.8. The van der Waals surface area contributed by atoms with Crippen molar-refractivity contribution in [3.63, 3.8) is 0 Å². The number of hydrogen-bond acceptors (Lipinski definition) is 3. The van der Waals surface area contributed by atoms with E-state index in [0.29, 0.717) is 11.8 Å². The van der Waals surface area contributed by atoms with E-state index in [0.717, 1.165) is 17.6 Å². The van der Waals surface area contributed by atoms with Crippen LogP contribution < -0.4 is 4.90 Å². The fraction of sp³-hybridized carbons (Fsp3) is 0.263. The Balaban J connectivity index is 1.52. The maximum absolute atomic E-state index is 9.10. The van der Waals surface area contributed by atoms with Gasteiger partial charge in [-0.05, 0) is 54.2 Å². The first kappa shape index (κ1) is 13.8. The molecule has 1 aliphatic rings. The van der Waals surface area contributed by atoms with Crippen molar-refractivity contribution in [1.29, 1.82) is 5.26 Å². The van der Waals surface area contributed by atoms with Crippen LogP contribution in [0.5, 0.6) is 0 Å². The summed E-state index contributed by atoms with van der Waals surface area (Å²) in [5.74, 6) is 1.25. The summed E-state index contributed by atoms with van der Waals surface area (Å²) >= 11 is 0. The van der Waals surface area contributed by atoms with Gasteiger partial charge in [-0.2, -0.15) is 5.26 Å². The van der Waals surface area contributed by atoms with Gasteiger partial charge in [-0.15, -0.1) is 0 Å². The molecule has 0 amide bonds. The van der Waals surface area contributed by atoms with Crippen molar-refractivity contribution in [3.8, 4) is 6.07 Å². The van der Waals surface area contributed by atoms with Gasteiger partial charge in [0.25, 0.3) is 0 Å². The molecule has 2 heterocycles. The molecule has 1 aliphatic carbocycles. The molecule has 1 saturated carbocycles. The first-order valence-corrected chi connectivity index (χ1v) is 7.88. The van der Waals surface area contributed by atoms with Gasteiger partial charge >= 0.3 is 0 Å². The van der Waals surface area contributed by atoms with Crippen molar-refractivity contribution in [2.45, 2.75) is 12.3 Å². The predicted octanol–water partition coefficient (Wildman–Crippen LogP) is 3.67. The topological polar surface area (TPSA) is 55.7 Å². The number of anilines is 1. The Morgan fingerprint density at radius 3 is 2.91 bits per heavy atom. The smallest absolute Gasteiger partial charge is 0.0991 e. The summed E-state index contributed by atoms with van der Waals surface area (Å²) in [4.78, 5) is 9.70. The molecule has 114 valence electrons. The van der Waals surface area contributed by atoms with Crippen LogP contribution in [0.25, 0.3) is 10.9 Å². The molecule has 0 bridgehead atoms. The van der Waals surface area contributed by atoms with Crippen LogP contribution in [0.3, 0.4) is 0 Å². The van der Waals surface area contributed by atoms with E-state index < -0.39 is 0 Å². The first-order valence-electron chi connectivity index (χ1n) is 7.88.